The van der Waals surface area contributed by atoms with Crippen LogP contribution in [0.1, 0.15) is 29.6 Å². The molecule has 0 unspecified atom stereocenters. The van der Waals surface area contributed by atoms with Gasteiger partial charge in [-0.1, -0.05) is 0 Å². The lowest BCUT2D eigenvalue weighted by molar-refractivity contribution is -0.119. The number of rotatable bonds is 3. The van der Waals surface area contributed by atoms with Gasteiger partial charge in [-0.3, -0.25) is 14.3 Å². The Balaban J connectivity index is 1.70. The summed E-state index contributed by atoms with van der Waals surface area (Å²) in [4.78, 5) is 25.8. The maximum atomic E-state index is 12.1. The molecule has 22 heavy (non-hydrogen) atoms. The molecular weight excluding hydrogens is 280 g/mol. The Bertz CT molecular complexity index is 690. The number of aryl methyl sites for hydroxylation is 1. The number of nitrogens with one attached hydrogen (secondary N) is 1. The molecule has 0 radical (unpaired) electrons. The van der Waals surface area contributed by atoms with Crippen molar-refractivity contribution in [1.82, 2.24) is 9.78 Å². The van der Waals surface area contributed by atoms with Crippen molar-refractivity contribution in [2.45, 2.75) is 19.3 Å². The number of carbonyl (C=O) groups excluding carboxylic acids is 2. The van der Waals surface area contributed by atoms with E-state index in [2.05, 4.69) is 10.4 Å². The molecule has 1 fully saturated rings. The van der Waals surface area contributed by atoms with Crippen LogP contribution in [0.3, 0.4) is 0 Å². The van der Waals surface area contributed by atoms with Crippen LogP contribution >= 0.6 is 0 Å². The molecular formula is C16H18N4O2. The van der Waals surface area contributed by atoms with Crippen molar-refractivity contribution in [2.24, 2.45) is 7.05 Å². The minimum atomic E-state index is -0.213. The third-order valence-electron chi connectivity index (χ3n) is 3.72. The third kappa shape index (κ3) is 3.00. The van der Waals surface area contributed by atoms with Gasteiger partial charge in [-0.05, 0) is 37.1 Å². The smallest absolute Gasteiger partial charge is 0.256 e. The normalized spacial score (nSPS) is 15.0. The van der Waals surface area contributed by atoms with E-state index in [1.54, 1.807) is 41.0 Å². The van der Waals surface area contributed by atoms with Crippen LogP contribution in [0.4, 0.5) is 11.5 Å². The summed E-state index contributed by atoms with van der Waals surface area (Å²) < 4.78 is 1.63. The first-order chi connectivity index (χ1) is 10.6. The first kappa shape index (κ1) is 14.3. The van der Waals surface area contributed by atoms with E-state index in [9.17, 15) is 9.59 Å². The zero-order valence-electron chi connectivity index (χ0n) is 12.5. The van der Waals surface area contributed by atoms with Crippen LogP contribution in [0.25, 0.3) is 0 Å². The average Bonchev–Trinajstić information content (AvgIpc) is 2.93. The van der Waals surface area contributed by atoms with Gasteiger partial charge in [0, 0.05) is 43.5 Å². The third-order valence-corrected chi connectivity index (χ3v) is 3.72. The van der Waals surface area contributed by atoms with E-state index in [1.165, 1.54) is 0 Å². The molecule has 0 atom stereocenters. The highest BCUT2D eigenvalue weighted by Gasteiger charge is 2.19. The van der Waals surface area contributed by atoms with Crippen molar-refractivity contribution in [3.05, 3.63) is 42.1 Å². The van der Waals surface area contributed by atoms with Crippen molar-refractivity contribution in [2.75, 3.05) is 16.8 Å². The lowest BCUT2D eigenvalue weighted by atomic mass is 10.1. The van der Waals surface area contributed by atoms with Gasteiger partial charge in [-0.25, -0.2) is 0 Å². The summed E-state index contributed by atoms with van der Waals surface area (Å²) in [5.74, 6) is 0.454. The average molecular weight is 298 g/mol. The predicted octanol–water partition coefficient (Wildman–Crippen LogP) is 2.19. The quantitative estimate of drug-likeness (QED) is 0.944. The molecule has 6 heteroatoms. The number of benzene rings is 1. The number of anilines is 2. The van der Waals surface area contributed by atoms with Gasteiger partial charge < -0.3 is 10.2 Å². The maximum absolute atomic E-state index is 12.1. The van der Waals surface area contributed by atoms with Crippen molar-refractivity contribution < 1.29 is 9.59 Å². The Kier molecular flexibility index (Phi) is 3.91. The molecule has 0 saturated carbocycles. The van der Waals surface area contributed by atoms with Crippen LogP contribution in [-0.2, 0) is 11.8 Å². The zero-order valence-corrected chi connectivity index (χ0v) is 12.5. The Morgan fingerprint density at radius 2 is 1.95 bits per heavy atom. The van der Waals surface area contributed by atoms with Crippen molar-refractivity contribution in [1.29, 1.82) is 0 Å². The second-order valence-corrected chi connectivity index (χ2v) is 5.38. The molecule has 1 aromatic carbocycles. The van der Waals surface area contributed by atoms with Crippen LogP contribution < -0.4 is 10.2 Å². The molecule has 1 aromatic heterocycles. The van der Waals surface area contributed by atoms with Gasteiger partial charge in [0.25, 0.3) is 5.91 Å². The number of piperidine rings is 1. The first-order valence-electron chi connectivity index (χ1n) is 7.35. The Morgan fingerprint density at radius 3 is 2.59 bits per heavy atom. The molecule has 2 heterocycles. The molecule has 2 amide bonds. The molecule has 6 nitrogen and oxygen atoms in total. The van der Waals surface area contributed by atoms with E-state index in [0.717, 1.165) is 25.1 Å². The SMILES string of the molecule is Cn1ccc(NC(=O)c2ccc(N3CCCCC3=O)cc2)n1. The number of nitrogens with zero attached hydrogens (tertiary/aromatic N) is 3. The zero-order chi connectivity index (χ0) is 15.5. The van der Waals surface area contributed by atoms with E-state index in [-0.39, 0.29) is 11.8 Å². The fraction of sp³-hybridized carbons (Fsp3) is 0.312. The predicted molar refractivity (Wildman–Crippen MR) is 83.8 cm³/mol. The van der Waals surface area contributed by atoms with Gasteiger partial charge in [-0.15, -0.1) is 0 Å². The second kappa shape index (κ2) is 6.01. The number of carbonyl (C=O) groups is 2. The summed E-state index contributed by atoms with van der Waals surface area (Å²) in [6.07, 6.45) is 4.34. The molecule has 1 aliphatic rings. The van der Waals surface area contributed by atoms with Gasteiger partial charge in [0.1, 0.15) is 0 Å². The minimum Gasteiger partial charge on any atom is -0.312 e. The maximum Gasteiger partial charge on any atom is 0.256 e. The Morgan fingerprint density at radius 1 is 1.18 bits per heavy atom. The Hall–Kier alpha value is -2.63. The largest absolute Gasteiger partial charge is 0.312 e. The summed E-state index contributed by atoms with van der Waals surface area (Å²) >= 11 is 0. The van der Waals surface area contributed by atoms with E-state index in [4.69, 9.17) is 0 Å². The van der Waals surface area contributed by atoms with Crippen molar-refractivity contribution in [3.63, 3.8) is 0 Å². The van der Waals surface area contributed by atoms with Crippen LogP contribution in [0.2, 0.25) is 0 Å². The number of amides is 2. The lowest BCUT2D eigenvalue weighted by Crippen LogP contribution is -2.35. The van der Waals surface area contributed by atoms with E-state index in [0.29, 0.717) is 17.8 Å². The van der Waals surface area contributed by atoms with E-state index in [1.807, 2.05) is 12.1 Å². The van der Waals surface area contributed by atoms with Crippen LogP contribution in [-0.4, -0.2) is 28.1 Å². The molecule has 0 bridgehead atoms. The standard InChI is InChI=1S/C16H18N4O2/c1-19-11-9-14(18-19)17-16(22)12-5-7-13(8-6-12)20-10-3-2-4-15(20)21/h5-9,11H,2-4,10H2,1H3,(H,17,18,22). The number of hydrogen-bond acceptors (Lipinski definition) is 3. The Labute approximate surface area is 128 Å². The van der Waals surface area contributed by atoms with E-state index >= 15 is 0 Å². The van der Waals surface area contributed by atoms with Gasteiger partial charge in [0.2, 0.25) is 5.91 Å². The van der Waals surface area contributed by atoms with Gasteiger partial charge >= 0.3 is 0 Å². The van der Waals surface area contributed by atoms with Crippen molar-refractivity contribution in [3.8, 4) is 0 Å². The summed E-state index contributed by atoms with van der Waals surface area (Å²) in [5.41, 5.74) is 1.39. The summed E-state index contributed by atoms with van der Waals surface area (Å²) in [6, 6.07) is 8.83. The van der Waals surface area contributed by atoms with E-state index < -0.39 is 0 Å². The molecule has 114 valence electrons. The van der Waals surface area contributed by atoms with Gasteiger partial charge in [0.15, 0.2) is 5.82 Å². The lowest BCUT2D eigenvalue weighted by Gasteiger charge is -2.26. The monoisotopic (exact) mass is 298 g/mol. The molecule has 0 aliphatic carbocycles. The van der Waals surface area contributed by atoms with Gasteiger partial charge in [0.05, 0.1) is 0 Å². The molecule has 1 aliphatic heterocycles. The molecule has 3 rings (SSSR count). The van der Waals surface area contributed by atoms with Crippen LogP contribution in [0, 0.1) is 0 Å². The summed E-state index contributed by atoms with van der Waals surface area (Å²) in [6.45, 7) is 0.748. The molecule has 2 aromatic rings. The second-order valence-electron chi connectivity index (χ2n) is 5.38. The van der Waals surface area contributed by atoms with Crippen LogP contribution in [0.5, 0.6) is 0 Å². The highest BCUT2D eigenvalue weighted by Crippen LogP contribution is 2.21. The minimum absolute atomic E-state index is 0.150. The topological polar surface area (TPSA) is 67.2 Å². The van der Waals surface area contributed by atoms with Gasteiger partial charge in [-0.2, -0.15) is 5.10 Å². The molecule has 0 spiro atoms. The molecule has 1 N–H and O–H groups in total. The summed E-state index contributed by atoms with van der Waals surface area (Å²) in [5, 5.41) is 6.84. The first-order valence-corrected chi connectivity index (χ1v) is 7.35. The highest BCUT2D eigenvalue weighted by molar-refractivity contribution is 6.04. The highest BCUT2D eigenvalue weighted by atomic mass is 16.2. The molecule has 1 saturated heterocycles. The fourth-order valence-electron chi connectivity index (χ4n) is 2.54. The fourth-order valence-corrected chi connectivity index (χ4v) is 2.54. The summed E-state index contributed by atoms with van der Waals surface area (Å²) in [7, 11) is 1.79. The van der Waals surface area contributed by atoms with Crippen molar-refractivity contribution >= 4 is 23.3 Å². The number of hydrogen-bond donors (Lipinski definition) is 1. The number of aromatic nitrogens is 2. The van der Waals surface area contributed by atoms with Crippen LogP contribution in [0.15, 0.2) is 36.5 Å².